The highest BCUT2D eigenvalue weighted by Crippen LogP contribution is 2.33. The highest BCUT2D eigenvalue weighted by atomic mass is 79.9. The van der Waals surface area contributed by atoms with Crippen molar-refractivity contribution in [2.45, 2.75) is 6.18 Å². The van der Waals surface area contributed by atoms with E-state index in [2.05, 4.69) is 26.6 Å². The first kappa shape index (κ1) is 17.8. The maximum Gasteiger partial charge on any atom is 0.417 e. The lowest BCUT2D eigenvalue weighted by Crippen LogP contribution is -2.22. The van der Waals surface area contributed by atoms with Crippen molar-refractivity contribution in [3.8, 4) is 6.07 Å². The smallest absolute Gasteiger partial charge is 0.376 e. The molecule has 4 nitrogen and oxygen atoms in total. The van der Waals surface area contributed by atoms with E-state index < -0.39 is 23.2 Å². The van der Waals surface area contributed by atoms with E-state index in [1.54, 1.807) is 24.3 Å². The number of nitrogens with one attached hydrogen (secondary N) is 2. The molecular weight excluding hydrogens is 387 g/mol. The summed E-state index contributed by atoms with van der Waals surface area (Å²) in [4.78, 5) is 11.8. The molecule has 2 aromatic rings. The monoisotopic (exact) mass is 397 g/mol. The predicted octanol–water partition coefficient (Wildman–Crippen LogP) is 4.39. The van der Waals surface area contributed by atoms with Crippen LogP contribution in [0.4, 0.5) is 24.5 Å². The molecule has 8 heteroatoms. The molecule has 0 bridgehead atoms. The molecule has 124 valence electrons. The van der Waals surface area contributed by atoms with Gasteiger partial charge in [-0.2, -0.15) is 18.4 Å². The largest absolute Gasteiger partial charge is 0.417 e. The topological polar surface area (TPSA) is 64.9 Å². The summed E-state index contributed by atoms with van der Waals surface area (Å²) in [6.07, 6.45) is -4.64. The van der Waals surface area contributed by atoms with Gasteiger partial charge in [0.25, 0.3) is 0 Å². The Morgan fingerprint density at radius 3 is 2.33 bits per heavy atom. The van der Waals surface area contributed by atoms with Gasteiger partial charge in [0.1, 0.15) is 0 Å². The third kappa shape index (κ3) is 4.73. The van der Waals surface area contributed by atoms with Gasteiger partial charge in [0.2, 0.25) is 5.91 Å². The zero-order chi connectivity index (χ0) is 17.7. The Hall–Kier alpha value is -2.53. The maximum atomic E-state index is 12.9. The Morgan fingerprint density at radius 2 is 1.75 bits per heavy atom. The van der Waals surface area contributed by atoms with Gasteiger partial charge in [-0.15, -0.1) is 0 Å². The van der Waals surface area contributed by atoms with Gasteiger partial charge in [0.15, 0.2) is 0 Å². The van der Waals surface area contributed by atoms with Gasteiger partial charge in [-0.1, -0.05) is 15.9 Å². The van der Waals surface area contributed by atoms with E-state index >= 15 is 0 Å². The van der Waals surface area contributed by atoms with E-state index in [4.69, 9.17) is 5.26 Å². The molecule has 0 aliphatic heterocycles. The molecule has 0 radical (unpaired) electrons. The van der Waals surface area contributed by atoms with Crippen molar-refractivity contribution in [3.63, 3.8) is 0 Å². The minimum absolute atomic E-state index is 0.104. The Labute approximate surface area is 144 Å². The van der Waals surface area contributed by atoms with Crippen LogP contribution in [-0.2, 0) is 11.0 Å². The molecule has 24 heavy (non-hydrogen) atoms. The number of rotatable bonds is 4. The van der Waals surface area contributed by atoms with Crippen molar-refractivity contribution in [3.05, 3.63) is 58.1 Å². The summed E-state index contributed by atoms with van der Waals surface area (Å²) in [5, 5.41) is 14.0. The molecule has 2 aromatic carbocycles. The highest BCUT2D eigenvalue weighted by molar-refractivity contribution is 9.10. The molecular formula is C16H11BrF3N3O. The summed E-state index contributed by atoms with van der Waals surface area (Å²) in [7, 11) is 0. The van der Waals surface area contributed by atoms with Gasteiger partial charge < -0.3 is 10.6 Å². The summed E-state index contributed by atoms with van der Waals surface area (Å²) in [6.45, 7) is -0.209. The van der Waals surface area contributed by atoms with Crippen LogP contribution in [0.25, 0.3) is 0 Å². The van der Waals surface area contributed by atoms with E-state index in [9.17, 15) is 18.0 Å². The predicted molar refractivity (Wildman–Crippen MR) is 87.4 cm³/mol. The van der Waals surface area contributed by atoms with Crippen LogP contribution >= 0.6 is 15.9 Å². The Morgan fingerprint density at radius 1 is 1.12 bits per heavy atom. The number of halogens is 4. The van der Waals surface area contributed by atoms with Gasteiger partial charge in [0.05, 0.1) is 23.7 Å². The summed E-state index contributed by atoms with van der Waals surface area (Å²) in [6, 6.07) is 11.6. The molecule has 2 N–H and O–H groups in total. The molecule has 0 aromatic heterocycles. The van der Waals surface area contributed by atoms with Crippen LogP contribution in [0.2, 0.25) is 0 Å². The van der Waals surface area contributed by atoms with Crippen LogP contribution < -0.4 is 10.6 Å². The summed E-state index contributed by atoms with van der Waals surface area (Å²) in [5.41, 5.74) is -0.830. The quantitative estimate of drug-likeness (QED) is 0.803. The Balaban J connectivity index is 2.02. The number of amides is 1. The normalized spacial score (nSPS) is 10.8. The lowest BCUT2D eigenvalue weighted by Gasteiger charge is -2.12. The van der Waals surface area contributed by atoms with Crippen LogP contribution in [0, 0.1) is 11.3 Å². The van der Waals surface area contributed by atoms with E-state index in [0.29, 0.717) is 5.69 Å². The van der Waals surface area contributed by atoms with Crippen LogP contribution in [0.3, 0.4) is 0 Å². The van der Waals surface area contributed by atoms with Crippen molar-refractivity contribution in [1.82, 2.24) is 0 Å². The zero-order valence-electron chi connectivity index (χ0n) is 12.1. The SMILES string of the molecule is N#Cc1ccc(NCC(=O)Nc2ccc(Br)cc2)cc1C(F)(F)F. The molecule has 0 fully saturated rings. The lowest BCUT2D eigenvalue weighted by atomic mass is 10.1. The van der Waals surface area contributed by atoms with Crippen molar-refractivity contribution < 1.29 is 18.0 Å². The third-order valence-corrected chi connectivity index (χ3v) is 3.56. The summed E-state index contributed by atoms with van der Waals surface area (Å²) in [5.74, 6) is -0.407. The van der Waals surface area contributed by atoms with E-state index in [-0.39, 0.29) is 12.2 Å². The average molecular weight is 398 g/mol. The van der Waals surface area contributed by atoms with E-state index in [0.717, 1.165) is 16.6 Å². The molecule has 0 aliphatic rings. The van der Waals surface area contributed by atoms with Crippen LogP contribution in [0.1, 0.15) is 11.1 Å². The van der Waals surface area contributed by atoms with Crippen molar-refractivity contribution in [2.75, 3.05) is 17.2 Å². The standard InChI is InChI=1S/C16H11BrF3N3O/c17-11-2-5-12(6-3-11)23-15(24)9-22-13-4-1-10(8-21)14(7-13)16(18,19)20/h1-7,22H,9H2,(H,23,24). The number of benzene rings is 2. The lowest BCUT2D eigenvalue weighted by molar-refractivity contribution is -0.137. The molecule has 1 amide bonds. The number of hydrogen-bond donors (Lipinski definition) is 2. The van der Waals surface area contributed by atoms with E-state index in [1.807, 2.05) is 0 Å². The molecule has 0 unspecified atom stereocenters. The number of alkyl halides is 3. The van der Waals surface area contributed by atoms with Gasteiger partial charge in [-0.3, -0.25) is 4.79 Å². The zero-order valence-corrected chi connectivity index (χ0v) is 13.7. The first-order chi connectivity index (χ1) is 11.3. The van der Waals surface area contributed by atoms with E-state index in [1.165, 1.54) is 12.1 Å². The molecule has 0 aliphatic carbocycles. The molecule has 0 saturated heterocycles. The fourth-order valence-corrected chi connectivity index (χ4v) is 2.17. The van der Waals surface area contributed by atoms with Crippen molar-refractivity contribution in [2.24, 2.45) is 0 Å². The summed E-state index contributed by atoms with van der Waals surface area (Å²) < 4.78 is 39.5. The third-order valence-electron chi connectivity index (χ3n) is 3.03. The average Bonchev–Trinajstić information content (AvgIpc) is 2.54. The van der Waals surface area contributed by atoms with Crippen LogP contribution in [0.15, 0.2) is 46.9 Å². The molecule has 0 spiro atoms. The molecule has 0 atom stereocenters. The van der Waals surface area contributed by atoms with Crippen LogP contribution in [-0.4, -0.2) is 12.5 Å². The molecule has 0 heterocycles. The Kier molecular flexibility index (Phi) is 5.46. The second kappa shape index (κ2) is 7.36. The number of nitrogens with zero attached hydrogens (tertiary/aromatic N) is 1. The first-order valence-electron chi connectivity index (χ1n) is 6.70. The van der Waals surface area contributed by atoms with Crippen LogP contribution in [0.5, 0.6) is 0 Å². The highest BCUT2D eigenvalue weighted by Gasteiger charge is 2.33. The minimum atomic E-state index is -4.64. The fourth-order valence-electron chi connectivity index (χ4n) is 1.91. The van der Waals surface area contributed by atoms with Gasteiger partial charge in [-0.25, -0.2) is 0 Å². The second-order valence-corrected chi connectivity index (χ2v) is 5.69. The fraction of sp³-hybridized carbons (Fsp3) is 0.125. The summed E-state index contributed by atoms with van der Waals surface area (Å²) >= 11 is 3.27. The molecule has 2 rings (SSSR count). The molecule has 0 saturated carbocycles. The minimum Gasteiger partial charge on any atom is -0.376 e. The number of hydrogen-bond acceptors (Lipinski definition) is 3. The van der Waals surface area contributed by atoms with Crippen molar-refractivity contribution in [1.29, 1.82) is 5.26 Å². The Bertz CT molecular complexity index is 783. The van der Waals surface area contributed by atoms with Gasteiger partial charge in [-0.05, 0) is 42.5 Å². The number of carbonyl (C=O) groups excluding carboxylic acids is 1. The first-order valence-corrected chi connectivity index (χ1v) is 7.49. The number of nitriles is 1. The number of anilines is 2. The van der Waals surface area contributed by atoms with Crippen molar-refractivity contribution >= 4 is 33.2 Å². The van der Waals surface area contributed by atoms with Gasteiger partial charge >= 0.3 is 6.18 Å². The second-order valence-electron chi connectivity index (χ2n) is 4.78. The van der Waals surface area contributed by atoms with Gasteiger partial charge in [0, 0.05) is 15.8 Å². The maximum absolute atomic E-state index is 12.9. The number of carbonyl (C=O) groups is 1.